The van der Waals surface area contributed by atoms with E-state index in [1.54, 1.807) is 0 Å². The normalized spacial score (nSPS) is 12.3. The van der Waals surface area contributed by atoms with Crippen LogP contribution in [-0.2, 0) is 4.79 Å². The van der Waals surface area contributed by atoms with E-state index < -0.39 is 6.23 Å². The number of rotatable bonds is 14. The van der Waals surface area contributed by atoms with Gasteiger partial charge >= 0.3 is 0 Å². The predicted octanol–water partition coefficient (Wildman–Crippen LogP) is 4.53. The molecule has 0 fully saturated rings. The van der Waals surface area contributed by atoms with Gasteiger partial charge in [-0.15, -0.1) is 0 Å². The van der Waals surface area contributed by atoms with Gasteiger partial charge in [-0.2, -0.15) is 0 Å². The summed E-state index contributed by atoms with van der Waals surface area (Å²) in [5.41, 5.74) is 0. The van der Waals surface area contributed by atoms with Crippen molar-refractivity contribution in [3.8, 4) is 0 Å². The number of hydrogen-bond acceptors (Lipinski definition) is 2. The van der Waals surface area contributed by atoms with Crippen LogP contribution in [-0.4, -0.2) is 17.2 Å². The monoisotopic (exact) mass is 285 g/mol. The number of aliphatic hydroxyl groups is 1. The van der Waals surface area contributed by atoms with Crippen LogP contribution in [0.15, 0.2) is 0 Å². The Bertz CT molecular complexity index is 219. The molecule has 3 heteroatoms. The fraction of sp³-hybridized carbons (Fsp3) is 0.941. The van der Waals surface area contributed by atoms with E-state index in [9.17, 15) is 9.90 Å². The highest BCUT2D eigenvalue weighted by molar-refractivity contribution is 5.75. The summed E-state index contributed by atoms with van der Waals surface area (Å²) >= 11 is 0. The molecule has 0 aromatic rings. The number of unbranched alkanes of at least 4 members (excludes halogenated alkanes) is 10. The second-order valence-corrected chi connectivity index (χ2v) is 5.78. The van der Waals surface area contributed by atoms with Gasteiger partial charge in [-0.1, -0.05) is 78.1 Å². The van der Waals surface area contributed by atoms with E-state index in [0.29, 0.717) is 12.8 Å². The summed E-state index contributed by atoms with van der Waals surface area (Å²) in [6, 6.07) is 0. The first-order valence-corrected chi connectivity index (χ1v) is 8.68. The number of carbonyl (C=O) groups is 1. The van der Waals surface area contributed by atoms with E-state index in [4.69, 9.17) is 0 Å². The summed E-state index contributed by atoms with van der Waals surface area (Å²) in [5, 5.41) is 11.9. The third kappa shape index (κ3) is 13.9. The van der Waals surface area contributed by atoms with Gasteiger partial charge in [0.15, 0.2) is 0 Å². The Morgan fingerprint density at radius 1 is 0.850 bits per heavy atom. The molecule has 0 saturated carbocycles. The van der Waals surface area contributed by atoms with E-state index in [1.807, 2.05) is 6.92 Å². The Balaban J connectivity index is 3.14. The Kier molecular flexibility index (Phi) is 14.4. The molecule has 3 nitrogen and oxygen atoms in total. The second-order valence-electron chi connectivity index (χ2n) is 5.78. The topological polar surface area (TPSA) is 49.3 Å². The van der Waals surface area contributed by atoms with E-state index in [-0.39, 0.29) is 5.91 Å². The molecule has 0 rings (SSSR count). The van der Waals surface area contributed by atoms with Gasteiger partial charge in [0.05, 0.1) is 0 Å². The first-order chi connectivity index (χ1) is 9.70. The molecule has 0 aliphatic rings. The molecule has 0 aromatic heterocycles. The lowest BCUT2D eigenvalue weighted by atomic mass is 10.1. The summed E-state index contributed by atoms with van der Waals surface area (Å²) in [4.78, 5) is 11.4. The predicted molar refractivity (Wildman–Crippen MR) is 85.5 cm³/mol. The molecule has 0 saturated heterocycles. The smallest absolute Gasteiger partial charge is 0.221 e. The quantitative estimate of drug-likeness (QED) is 0.364. The lowest BCUT2D eigenvalue weighted by molar-refractivity contribution is -0.124. The summed E-state index contributed by atoms with van der Waals surface area (Å²) in [7, 11) is 0. The molecule has 0 heterocycles. The summed E-state index contributed by atoms with van der Waals surface area (Å²) in [5.74, 6) is -0.0183. The van der Waals surface area contributed by atoms with Crippen molar-refractivity contribution in [2.45, 2.75) is 104 Å². The summed E-state index contributed by atoms with van der Waals surface area (Å²) < 4.78 is 0. The van der Waals surface area contributed by atoms with E-state index >= 15 is 0 Å². The van der Waals surface area contributed by atoms with Crippen molar-refractivity contribution < 1.29 is 9.90 Å². The van der Waals surface area contributed by atoms with Gasteiger partial charge in [0.2, 0.25) is 5.91 Å². The molecule has 0 aliphatic carbocycles. The minimum Gasteiger partial charge on any atom is -0.374 e. The van der Waals surface area contributed by atoms with E-state index in [0.717, 1.165) is 12.8 Å². The lowest BCUT2D eigenvalue weighted by Crippen LogP contribution is -2.33. The van der Waals surface area contributed by atoms with Gasteiger partial charge in [-0.05, 0) is 12.8 Å². The van der Waals surface area contributed by atoms with Crippen LogP contribution >= 0.6 is 0 Å². The van der Waals surface area contributed by atoms with Crippen molar-refractivity contribution in [2.24, 2.45) is 0 Å². The first kappa shape index (κ1) is 19.4. The maximum Gasteiger partial charge on any atom is 0.221 e. The van der Waals surface area contributed by atoms with Crippen molar-refractivity contribution in [3.05, 3.63) is 0 Å². The van der Waals surface area contributed by atoms with Crippen LogP contribution < -0.4 is 5.32 Å². The van der Waals surface area contributed by atoms with Crippen LogP contribution in [0.25, 0.3) is 0 Å². The highest BCUT2D eigenvalue weighted by Gasteiger charge is 2.05. The average molecular weight is 285 g/mol. The molecule has 0 aromatic carbocycles. The van der Waals surface area contributed by atoms with Gasteiger partial charge in [0.1, 0.15) is 6.23 Å². The molecule has 2 N–H and O–H groups in total. The molecule has 1 atom stereocenters. The third-order valence-electron chi connectivity index (χ3n) is 3.72. The molecule has 1 unspecified atom stereocenters. The van der Waals surface area contributed by atoms with Crippen LogP contribution in [0.4, 0.5) is 0 Å². The zero-order valence-corrected chi connectivity index (χ0v) is 13.6. The molecule has 20 heavy (non-hydrogen) atoms. The Morgan fingerprint density at radius 2 is 1.30 bits per heavy atom. The number of amides is 1. The van der Waals surface area contributed by atoms with Gasteiger partial charge in [-0.3, -0.25) is 4.79 Å². The Morgan fingerprint density at radius 3 is 1.75 bits per heavy atom. The van der Waals surface area contributed by atoms with E-state index in [1.165, 1.54) is 57.8 Å². The Labute approximate surface area is 125 Å². The van der Waals surface area contributed by atoms with Crippen LogP contribution in [0.3, 0.4) is 0 Å². The average Bonchev–Trinajstić information content (AvgIpc) is 2.44. The van der Waals surface area contributed by atoms with Gasteiger partial charge in [-0.25, -0.2) is 0 Å². The zero-order chi connectivity index (χ0) is 15.1. The molecule has 0 radical (unpaired) electrons. The number of hydrogen-bond donors (Lipinski definition) is 2. The molecule has 0 spiro atoms. The van der Waals surface area contributed by atoms with Gasteiger partial charge < -0.3 is 10.4 Å². The zero-order valence-electron chi connectivity index (χ0n) is 13.6. The van der Waals surface area contributed by atoms with Crippen LogP contribution in [0.2, 0.25) is 0 Å². The standard InChI is InChI=1S/C17H35NO2/c1-3-5-6-7-8-9-10-11-12-13-14-15-17(20)18-16(19)4-2/h16,19H,3-15H2,1-2H3,(H,18,20). The molecule has 120 valence electrons. The Hall–Kier alpha value is -0.570. The fourth-order valence-electron chi connectivity index (χ4n) is 2.31. The van der Waals surface area contributed by atoms with Crippen molar-refractivity contribution >= 4 is 5.91 Å². The van der Waals surface area contributed by atoms with Crippen LogP contribution in [0.5, 0.6) is 0 Å². The summed E-state index contributed by atoms with van der Waals surface area (Å²) in [6.07, 6.45) is 14.7. The second kappa shape index (κ2) is 14.8. The minimum absolute atomic E-state index is 0.0183. The lowest BCUT2D eigenvalue weighted by Gasteiger charge is -2.09. The van der Waals surface area contributed by atoms with Gasteiger partial charge in [0, 0.05) is 6.42 Å². The van der Waals surface area contributed by atoms with Crippen molar-refractivity contribution in [1.82, 2.24) is 5.32 Å². The van der Waals surface area contributed by atoms with Gasteiger partial charge in [0.25, 0.3) is 0 Å². The molecule has 0 bridgehead atoms. The molecule has 0 aliphatic heterocycles. The minimum atomic E-state index is -0.671. The maximum absolute atomic E-state index is 11.4. The maximum atomic E-state index is 11.4. The van der Waals surface area contributed by atoms with Crippen molar-refractivity contribution in [3.63, 3.8) is 0 Å². The SMILES string of the molecule is CCCCCCCCCCCCCC(=O)NC(O)CC. The summed E-state index contributed by atoms with van der Waals surface area (Å²) in [6.45, 7) is 4.11. The molecular formula is C17H35NO2. The molecular weight excluding hydrogens is 250 g/mol. The number of carbonyl (C=O) groups excluding carboxylic acids is 1. The molecule has 1 amide bonds. The van der Waals surface area contributed by atoms with Crippen molar-refractivity contribution in [1.29, 1.82) is 0 Å². The largest absolute Gasteiger partial charge is 0.374 e. The third-order valence-corrected chi connectivity index (χ3v) is 3.72. The first-order valence-electron chi connectivity index (χ1n) is 8.68. The highest BCUT2D eigenvalue weighted by Crippen LogP contribution is 2.11. The highest BCUT2D eigenvalue weighted by atomic mass is 16.3. The number of aliphatic hydroxyl groups excluding tert-OH is 1. The van der Waals surface area contributed by atoms with Crippen LogP contribution in [0.1, 0.15) is 97.3 Å². The van der Waals surface area contributed by atoms with E-state index in [2.05, 4.69) is 12.2 Å². The van der Waals surface area contributed by atoms with Crippen molar-refractivity contribution in [2.75, 3.05) is 0 Å². The number of nitrogens with one attached hydrogen (secondary N) is 1. The van der Waals surface area contributed by atoms with Crippen LogP contribution in [0, 0.1) is 0 Å². The fourth-order valence-corrected chi connectivity index (χ4v) is 2.31.